The molecular weight excluding hydrogens is 462 g/mol. The van der Waals surface area contributed by atoms with Crippen molar-refractivity contribution in [2.75, 3.05) is 18.5 Å². The van der Waals surface area contributed by atoms with E-state index in [0.29, 0.717) is 18.5 Å². The fourth-order valence-electron chi connectivity index (χ4n) is 3.30. The molecule has 1 aliphatic heterocycles. The molecule has 0 aliphatic carbocycles. The largest absolute Gasteiger partial charge is 0.461 e. The van der Waals surface area contributed by atoms with Crippen molar-refractivity contribution in [3.8, 4) is 0 Å². The Hall–Kier alpha value is -2.17. The molecule has 1 N–H and O–H groups in total. The third kappa shape index (κ3) is 4.54. The number of hydrogen-bond acceptors (Lipinski definition) is 5. The highest BCUT2D eigenvalue weighted by atomic mass is 79.9. The molecule has 29 heavy (non-hydrogen) atoms. The van der Waals surface area contributed by atoms with E-state index >= 15 is 0 Å². The van der Waals surface area contributed by atoms with Crippen LogP contribution in [0, 0.1) is 0 Å². The Morgan fingerprint density at radius 3 is 2.76 bits per heavy atom. The first kappa shape index (κ1) is 21.5. The number of aryl methyl sites for hydroxylation is 1. The van der Waals surface area contributed by atoms with E-state index in [1.807, 2.05) is 6.07 Å². The number of carbonyl (C=O) groups is 2. The predicted molar refractivity (Wildman–Crippen MR) is 111 cm³/mol. The minimum atomic E-state index is -3.95. The molecule has 1 amide bonds. The van der Waals surface area contributed by atoms with Gasteiger partial charge in [0.2, 0.25) is 15.9 Å². The lowest BCUT2D eigenvalue weighted by atomic mass is 10.2. The Morgan fingerprint density at radius 2 is 2.07 bits per heavy atom. The molecule has 2 heterocycles. The lowest BCUT2D eigenvalue weighted by molar-refractivity contribution is -0.119. The highest BCUT2D eigenvalue weighted by Gasteiger charge is 2.40. The molecule has 1 aromatic heterocycles. The summed E-state index contributed by atoms with van der Waals surface area (Å²) in [7, 11) is -2.37. The molecule has 0 bridgehead atoms. The molecule has 156 valence electrons. The van der Waals surface area contributed by atoms with Crippen molar-refractivity contribution in [1.82, 2.24) is 8.87 Å². The highest BCUT2D eigenvalue weighted by Crippen LogP contribution is 2.28. The van der Waals surface area contributed by atoms with Crippen molar-refractivity contribution in [3.05, 3.63) is 46.7 Å². The van der Waals surface area contributed by atoms with E-state index in [9.17, 15) is 18.0 Å². The van der Waals surface area contributed by atoms with Gasteiger partial charge in [-0.05, 0) is 44.0 Å². The van der Waals surface area contributed by atoms with E-state index in [1.54, 1.807) is 32.2 Å². The SMILES string of the molecule is CCOC(=O)c1cc(S(=O)(=O)N2CCCC2C(=O)Nc2cccc(Br)c2)cn1C. The molecule has 1 saturated heterocycles. The average molecular weight is 484 g/mol. The minimum absolute atomic E-state index is 0.0368. The number of aromatic nitrogens is 1. The molecular formula is C19H22BrN3O5S. The van der Waals surface area contributed by atoms with Gasteiger partial charge in [0.25, 0.3) is 0 Å². The third-order valence-corrected chi connectivity index (χ3v) is 7.04. The Kier molecular flexibility index (Phi) is 6.45. The molecule has 0 spiro atoms. The number of anilines is 1. The molecule has 1 atom stereocenters. The molecule has 2 aromatic rings. The van der Waals surface area contributed by atoms with E-state index in [-0.39, 0.29) is 29.6 Å². The molecule has 1 fully saturated rings. The number of carbonyl (C=O) groups excluding carboxylic acids is 2. The Morgan fingerprint density at radius 1 is 1.31 bits per heavy atom. The number of benzene rings is 1. The second kappa shape index (κ2) is 8.68. The summed E-state index contributed by atoms with van der Waals surface area (Å²) in [5, 5.41) is 2.78. The van der Waals surface area contributed by atoms with E-state index in [4.69, 9.17) is 4.74 Å². The van der Waals surface area contributed by atoms with Crippen LogP contribution in [0.3, 0.4) is 0 Å². The van der Waals surface area contributed by atoms with Gasteiger partial charge in [-0.3, -0.25) is 4.79 Å². The highest BCUT2D eigenvalue weighted by molar-refractivity contribution is 9.10. The number of rotatable bonds is 6. The van der Waals surface area contributed by atoms with Gasteiger partial charge >= 0.3 is 5.97 Å². The van der Waals surface area contributed by atoms with E-state index in [2.05, 4.69) is 21.2 Å². The summed E-state index contributed by atoms with van der Waals surface area (Å²) in [4.78, 5) is 24.7. The van der Waals surface area contributed by atoms with E-state index in [0.717, 1.165) is 4.47 Å². The lowest BCUT2D eigenvalue weighted by Crippen LogP contribution is -2.43. The van der Waals surface area contributed by atoms with Crippen molar-refractivity contribution < 1.29 is 22.7 Å². The summed E-state index contributed by atoms with van der Waals surface area (Å²) in [6.07, 6.45) is 2.37. The topological polar surface area (TPSA) is 97.7 Å². The fraction of sp³-hybridized carbons (Fsp3) is 0.368. The summed E-state index contributed by atoms with van der Waals surface area (Å²) in [5.41, 5.74) is 0.720. The zero-order valence-corrected chi connectivity index (χ0v) is 18.5. The number of hydrogen-bond donors (Lipinski definition) is 1. The second-order valence-electron chi connectivity index (χ2n) is 6.67. The summed E-state index contributed by atoms with van der Waals surface area (Å²) in [5.74, 6) is -0.979. The van der Waals surface area contributed by atoms with Gasteiger partial charge in [-0.25, -0.2) is 13.2 Å². The fourth-order valence-corrected chi connectivity index (χ4v) is 5.43. The first-order valence-electron chi connectivity index (χ1n) is 9.15. The van der Waals surface area contributed by atoms with Crippen LogP contribution in [0.2, 0.25) is 0 Å². The molecule has 3 rings (SSSR count). The second-order valence-corrected chi connectivity index (χ2v) is 9.47. The molecule has 1 aliphatic rings. The molecule has 0 radical (unpaired) electrons. The Bertz CT molecular complexity index is 1030. The van der Waals surface area contributed by atoms with E-state index in [1.165, 1.54) is 21.1 Å². The van der Waals surface area contributed by atoms with Crippen molar-refractivity contribution in [3.63, 3.8) is 0 Å². The van der Waals surface area contributed by atoms with Gasteiger partial charge in [0.1, 0.15) is 16.6 Å². The molecule has 1 unspecified atom stereocenters. The monoisotopic (exact) mass is 483 g/mol. The van der Waals surface area contributed by atoms with Crippen molar-refractivity contribution >= 4 is 43.5 Å². The van der Waals surface area contributed by atoms with Gasteiger partial charge in [-0.15, -0.1) is 0 Å². The molecule has 0 saturated carbocycles. The number of nitrogens with zero attached hydrogens (tertiary/aromatic N) is 2. The van der Waals surface area contributed by atoms with Crippen LogP contribution in [0.1, 0.15) is 30.3 Å². The summed E-state index contributed by atoms with van der Waals surface area (Å²) >= 11 is 3.34. The van der Waals surface area contributed by atoms with Crippen LogP contribution in [0.4, 0.5) is 5.69 Å². The normalized spacial score (nSPS) is 17.3. The first-order valence-corrected chi connectivity index (χ1v) is 11.4. The first-order chi connectivity index (χ1) is 13.7. The van der Waals surface area contributed by atoms with Gasteiger partial charge in [0, 0.05) is 29.9 Å². The van der Waals surface area contributed by atoms with Crippen LogP contribution in [0.25, 0.3) is 0 Å². The van der Waals surface area contributed by atoms with Crippen LogP contribution < -0.4 is 5.32 Å². The van der Waals surface area contributed by atoms with Crippen molar-refractivity contribution in [1.29, 1.82) is 0 Å². The minimum Gasteiger partial charge on any atom is -0.461 e. The van der Waals surface area contributed by atoms with Crippen LogP contribution >= 0.6 is 15.9 Å². The maximum absolute atomic E-state index is 13.2. The lowest BCUT2D eigenvalue weighted by Gasteiger charge is -2.23. The molecule has 10 heteroatoms. The number of esters is 1. The van der Waals surface area contributed by atoms with Gasteiger partial charge < -0.3 is 14.6 Å². The Labute approximate surface area is 178 Å². The summed E-state index contributed by atoms with van der Waals surface area (Å²) < 4.78 is 34.7. The number of sulfonamides is 1. The van der Waals surface area contributed by atoms with E-state index < -0.39 is 22.0 Å². The maximum atomic E-state index is 13.2. The van der Waals surface area contributed by atoms with Crippen molar-refractivity contribution in [2.45, 2.75) is 30.7 Å². The number of nitrogens with one attached hydrogen (secondary N) is 1. The standard InChI is InChI=1S/C19H22BrN3O5S/c1-3-28-19(25)17-11-15(12-22(17)2)29(26,27)23-9-5-8-16(23)18(24)21-14-7-4-6-13(20)10-14/h4,6-7,10-12,16H,3,5,8-9H2,1-2H3,(H,21,24). The van der Waals surface area contributed by atoms with Crippen LogP contribution in [0.5, 0.6) is 0 Å². The van der Waals surface area contributed by atoms with Gasteiger partial charge in [-0.1, -0.05) is 22.0 Å². The molecule has 1 aromatic carbocycles. The number of ether oxygens (including phenoxy) is 1. The van der Waals surface area contributed by atoms with Crippen molar-refractivity contribution in [2.24, 2.45) is 7.05 Å². The zero-order chi connectivity index (χ0) is 21.2. The Balaban J connectivity index is 1.83. The van der Waals surface area contributed by atoms with Crippen LogP contribution in [-0.2, 0) is 26.6 Å². The number of amides is 1. The van der Waals surface area contributed by atoms with Gasteiger partial charge in [0.15, 0.2) is 0 Å². The molecule has 8 nitrogen and oxygen atoms in total. The average Bonchev–Trinajstić information content (AvgIpc) is 3.29. The quantitative estimate of drug-likeness (QED) is 0.636. The summed E-state index contributed by atoms with van der Waals surface area (Å²) in [6.45, 7) is 2.11. The van der Waals surface area contributed by atoms with Crippen LogP contribution in [-0.4, -0.2) is 48.4 Å². The van der Waals surface area contributed by atoms with Crippen LogP contribution in [0.15, 0.2) is 45.9 Å². The van der Waals surface area contributed by atoms with Gasteiger partial charge in [0.05, 0.1) is 6.61 Å². The number of halogens is 1. The zero-order valence-electron chi connectivity index (χ0n) is 16.1. The third-order valence-electron chi connectivity index (χ3n) is 4.67. The van der Waals surface area contributed by atoms with Gasteiger partial charge in [-0.2, -0.15) is 4.31 Å². The predicted octanol–water partition coefficient (Wildman–Crippen LogP) is 2.76. The smallest absolute Gasteiger partial charge is 0.354 e. The maximum Gasteiger partial charge on any atom is 0.354 e. The summed E-state index contributed by atoms with van der Waals surface area (Å²) in [6, 6.07) is 7.57.